The van der Waals surface area contributed by atoms with Crippen molar-refractivity contribution >= 4 is 29.1 Å². The minimum Gasteiger partial charge on any atom is -0.382 e. The number of nitrogens with one attached hydrogen (secondary N) is 1. The molecule has 18 heavy (non-hydrogen) atoms. The fourth-order valence-electron chi connectivity index (χ4n) is 1.33. The van der Waals surface area contributed by atoms with Crippen molar-refractivity contribution < 1.29 is 4.79 Å². The van der Waals surface area contributed by atoms with E-state index < -0.39 is 5.91 Å². The van der Waals surface area contributed by atoms with Gasteiger partial charge in [-0.15, -0.1) is 0 Å². The Bertz CT molecular complexity index is 602. The van der Waals surface area contributed by atoms with Gasteiger partial charge in [0.1, 0.15) is 11.0 Å². The van der Waals surface area contributed by atoms with Gasteiger partial charge < -0.3 is 11.1 Å². The second-order valence-electron chi connectivity index (χ2n) is 3.54. The van der Waals surface area contributed by atoms with Gasteiger partial charge in [0, 0.05) is 5.69 Å². The Balaban J connectivity index is 2.24. The third kappa shape index (κ3) is 2.72. The summed E-state index contributed by atoms with van der Waals surface area (Å²) in [6.45, 7) is 1.82. The predicted octanol–water partition coefficient (Wildman–Crippen LogP) is 1.67. The van der Waals surface area contributed by atoms with Gasteiger partial charge in [-0.3, -0.25) is 4.79 Å². The molecule has 0 radical (unpaired) electrons. The van der Waals surface area contributed by atoms with Crippen LogP contribution >= 0.6 is 11.6 Å². The van der Waals surface area contributed by atoms with Crippen LogP contribution in [0.25, 0.3) is 0 Å². The number of aryl methyl sites for hydroxylation is 1. The second kappa shape index (κ2) is 4.97. The average molecular weight is 264 g/mol. The van der Waals surface area contributed by atoms with Crippen molar-refractivity contribution in [3.63, 3.8) is 0 Å². The van der Waals surface area contributed by atoms with Crippen LogP contribution in [0.3, 0.4) is 0 Å². The highest BCUT2D eigenvalue weighted by Gasteiger charge is 2.14. The third-order valence-corrected chi connectivity index (χ3v) is 2.30. The number of aromatic nitrogens is 3. The molecule has 1 amide bonds. The number of rotatable bonds is 2. The lowest BCUT2D eigenvalue weighted by Gasteiger charge is -2.06. The molecule has 2 rings (SSSR count). The maximum Gasteiger partial charge on any atom is 0.279 e. The molecule has 0 saturated heterocycles. The van der Waals surface area contributed by atoms with Crippen LogP contribution in [0.4, 0.5) is 11.6 Å². The highest BCUT2D eigenvalue weighted by atomic mass is 35.5. The Labute approximate surface area is 108 Å². The van der Waals surface area contributed by atoms with Gasteiger partial charge in [-0.2, -0.15) is 0 Å². The Morgan fingerprint density at radius 1 is 1.39 bits per heavy atom. The molecule has 0 aliphatic heterocycles. The van der Waals surface area contributed by atoms with Crippen LogP contribution in [-0.4, -0.2) is 20.9 Å². The summed E-state index contributed by atoms with van der Waals surface area (Å²) in [5.74, 6) is -0.0636. The standard InChI is InChI=1S/C11H10ClN5O/c1-6-3-2-4-8(15-6)17-11(18)9-10(13)14-5-7(12)16-9/h2-5H,1H3,(H2,13,14)(H,15,17,18). The molecule has 0 aliphatic rings. The first-order valence-electron chi connectivity index (χ1n) is 5.09. The summed E-state index contributed by atoms with van der Waals surface area (Å²) >= 11 is 5.66. The zero-order chi connectivity index (χ0) is 13.1. The van der Waals surface area contributed by atoms with Gasteiger partial charge in [0.25, 0.3) is 5.91 Å². The Kier molecular flexibility index (Phi) is 3.38. The Hall–Kier alpha value is -2.21. The minimum absolute atomic E-state index is 0.0181. The summed E-state index contributed by atoms with van der Waals surface area (Å²) in [4.78, 5) is 23.6. The van der Waals surface area contributed by atoms with E-state index in [9.17, 15) is 4.79 Å². The molecule has 92 valence electrons. The van der Waals surface area contributed by atoms with Gasteiger partial charge in [-0.05, 0) is 19.1 Å². The van der Waals surface area contributed by atoms with E-state index in [1.54, 1.807) is 12.1 Å². The highest BCUT2D eigenvalue weighted by molar-refractivity contribution is 6.29. The first-order chi connectivity index (χ1) is 8.56. The second-order valence-corrected chi connectivity index (χ2v) is 3.93. The topological polar surface area (TPSA) is 93.8 Å². The lowest BCUT2D eigenvalue weighted by atomic mass is 10.3. The molecule has 0 fully saturated rings. The average Bonchev–Trinajstić information content (AvgIpc) is 2.32. The maximum absolute atomic E-state index is 11.9. The van der Waals surface area contributed by atoms with Crippen molar-refractivity contribution in [1.29, 1.82) is 0 Å². The number of nitrogens with zero attached hydrogens (tertiary/aromatic N) is 3. The van der Waals surface area contributed by atoms with Crippen molar-refractivity contribution in [1.82, 2.24) is 15.0 Å². The van der Waals surface area contributed by atoms with E-state index in [2.05, 4.69) is 20.3 Å². The number of pyridine rings is 1. The number of carbonyl (C=O) groups is 1. The smallest absolute Gasteiger partial charge is 0.279 e. The quantitative estimate of drug-likeness (QED) is 0.859. The molecule has 0 spiro atoms. The van der Waals surface area contributed by atoms with Crippen LogP contribution in [0.5, 0.6) is 0 Å². The van der Waals surface area contributed by atoms with Gasteiger partial charge in [-0.25, -0.2) is 15.0 Å². The van der Waals surface area contributed by atoms with E-state index in [1.165, 1.54) is 6.20 Å². The zero-order valence-electron chi connectivity index (χ0n) is 9.51. The molecule has 0 saturated carbocycles. The zero-order valence-corrected chi connectivity index (χ0v) is 10.3. The number of carbonyl (C=O) groups excluding carboxylic acids is 1. The largest absolute Gasteiger partial charge is 0.382 e. The number of hydrogen-bond donors (Lipinski definition) is 2. The van der Waals surface area contributed by atoms with E-state index in [0.29, 0.717) is 5.82 Å². The number of amides is 1. The molecular formula is C11H10ClN5O. The lowest BCUT2D eigenvalue weighted by molar-refractivity contribution is 0.102. The van der Waals surface area contributed by atoms with Crippen molar-refractivity contribution in [2.45, 2.75) is 6.92 Å². The number of anilines is 2. The van der Waals surface area contributed by atoms with Gasteiger partial charge >= 0.3 is 0 Å². The molecule has 2 aromatic heterocycles. The number of nitrogen functional groups attached to an aromatic ring is 1. The maximum atomic E-state index is 11.9. The SMILES string of the molecule is Cc1cccc(NC(=O)c2nc(Cl)cnc2N)n1. The van der Waals surface area contributed by atoms with Crippen LogP contribution in [0, 0.1) is 6.92 Å². The van der Waals surface area contributed by atoms with E-state index in [4.69, 9.17) is 17.3 Å². The van der Waals surface area contributed by atoms with Gasteiger partial charge in [0.05, 0.1) is 6.20 Å². The fraction of sp³-hybridized carbons (Fsp3) is 0.0909. The molecule has 2 heterocycles. The van der Waals surface area contributed by atoms with Gasteiger partial charge in [0.2, 0.25) is 0 Å². The van der Waals surface area contributed by atoms with Crippen molar-refractivity contribution in [2.75, 3.05) is 11.1 Å². The van der Waals surface area contributed by atoms with Crippen LogP contribution in [0.1, 0.15) is 16.2 Å². The molecule has 7 heteroatoms. The lowest BCUT2D eigenvalue weighted by Crippen LogP contribution is -2.17. The van der Waals surface area contributed by atoms with Crippen LogP contribution < -0.4 is 11.1 Å². The molecule has 0 unspecified atom stereocenters. The molecule has 0 aromatic carbocycles. The number of hydrogen-bond acceptors (Lipinski definition) is 5. The van der Waals surface area contributed by atoms with E-state index >= 15 is 0 Å². The van der Waals surface area contributed by atoms with Crippen molar-refractivity contribution in [3.8, 4) is 0 Å². The van der Waals surface area contributed by atoms with E-state index in [-0.39, 0.29) is 16.7 Å². The van der Waals surface area contributed by atoms with E-state index in [0.717, 1.165) is 5.69 Å². The molecular weight excluding hydrogens is 254 g/mol. The normalized spacial score (nSPS) is 10.1. The summed E-state index contributed by atoms with van der Waals surface area (Å²) in [5.41, 5.74) is 6.33. The molecule has 0 atom stereocenters. The van der Waals surface area contributed by atoms with Crippen molar-refractivity contribution in [3.05, 3.63) is 40.9 Å². The van der Waals surface area contributed by atoms with Gasteiger partial charge in [0.15, 0.2) is 11.5 Å². The fourth-order valence-corrected chi connectivity index (χ4v) is 1.47. The molecule has 6 nitrogen and oxygen atoms in total. The predicted molar refractivity (Wildman–Crippen MR) is 68.4 cm³/mol. The molecule has 3 N–H and O–H groups in total. The molecule has 0 aliphatic carbocycles. The number of nitrogens with two attached hydrogens (primary N) is 1. The Morgan fingerprint density at radius 2 is 2.17 bits per heavy atom. The molecule has 2 aromatic rings. The number of halogens is 1. The summed E-state index contributed by atoms with van der Waals surface area (Å²) in [6, 6.07) is 5.27. The van der Waals surface area contributed by atoms with E-state index in [1.807, 2.05) is 13.0 Å². The minimum atomic E-state index is -0.499. The summed E-state index contributed by atoms with van der Waals surface area (Å²) < 4.78 is 0. The van der Waals surface area contributed by atoms with Crippen LogP contribution in [-0.2, 0) is 0 Å². The van der Waals surface area contributed by atoms with Crippen LogP contribution in [0.15, 0.2) is 24.4 Å². The summed E-state index contributed by atoms with van der Waals surface area (Å²) in [7, 11) is 0. The van der Waals surface area contributed by atoms with Gasteiger partial charge in [-0.1, -0.05) is 17.7 Å². The monoisotopic (exact) mass is 263 g/mol. The van der Waals surface area contributed by atoms with Crippen LogP contribution in [0.2, 0.25) is 5.15 Å². The van der Waals surface area contributed by atoms with Crippen molar-refractivity contribution in [2.24, 2.45) is 0 Å². The first-order valence-corrected chi connectivity index (χ1v) is 5.47. The highest BCUT2D eigenvalue weighted by Crippen LogP contribution is 2.12. The summed E-state index contributed by atoms with van der Waals surface area (Å²) in [6.07, 6.45) is 1.28. The first kappa shape index (κ1) is 12.3. The Morgan fingerprint density at radius 3 is 2.89 bits per heavy atom. The molecule has 0 bridgehead atoms. The summed E-state index contributed by atoms with van der Waals surface area (Å²) in [5, 5.41) is 2.68. The third-order valence-electron chi connectivity index (χ3n) is 2.12.